The van der Waals surface area contributed by atoms with Crippen LogP contribution in [0.1, 0.15) is 44.1 Å². The second kappa shape index (κ2) is 8.07. The minimum atomic E-state index is -0.796. The van der Waals surface area contributed by atoms with Gasteiger partial charge in [-0.15, -0.1) is 0 Å². The maximum Gasteiger partial charge on any atom is 0.317 e. The van der Waals surface area contributed by atoms with E-state index in [2.05, 4.69) is 16.6 Å². The highest BCUT2D eigenvalue weighted by Gasteiger charge is 2.35. The Labute approximate surface area is 154 Å². The van der Waals surface area contributed by atoms with Crippen LogP contribution in [-0.4, -0.2) is 74.9 Å². The van der Waals surface area contributed by atoms with Crippen LogP contribution in [0.15, 0.2) is 12.4 Å². The fourth-order valence-electron chi connectivity index (χ4n) is 4.01. The molecular weight excluding hydrogens is 334 g/mol. The lowest BCUT2D eigenvalue weighted by molar-refractivity contribution is -0.139. The van der Waals surface area contributed by atoms with Crippen LogP contribution < -0.4 is 5.32 Å². The summed E-state index contributed by atoms with van der Waals surface area (Å²) in [6, 6.07) is 0.434. The van der Waals surface area contributed by atoms with Crippen molar-refractivity contribution >= 4 is 12.0 Å². The number of hydrogen-bond donors (Lipinski definition) is 2. The van der Waals surface area contributed by atoms with E-state index < -0.39 is 5.97 Å². The van der Waals surface area contributed by atoms with Crippen LogP contribution in [-0.2, 0) is 11.8 Å². The lowest BCUT2D eigenvalue weighted by atomic mass is 9.85. The summed E-state index contributed by atoms with van der Waals surface area (Å²) in [7, 11) is 1.92. The molecule has 8 heteroatoms. The molecule has 0 bridgehead atoms. The lowest BCUT2D eigenvalue weighted by Gasteiger charge is -2.43. The summed E-state index contributed by atoms with van der Waals surface area (Å²) in [5.74, 6) is -0.314. The van der Waals surface area contributed by atoms with Crippen molar-refractivity contribution in [2.45, 2.75) is 50.6 Å². The monoisotopic (exact) mass is 363 g/mol. The van der Waals surface area contributed by atoms with Crippen LogP contribution in [0.25, 0.3) is 0 Å². The zero-order valence-corrected chi connectivity index (χ0v) is 15.6. The number of rotatable bonds is 6. The molecule has 2 amide bonds. The predicted molar refractivity (Wildman–Crippen MR) is 97.0 cm³/mol. The number of carboxylic acid groups (broad SMARTS) is 1. The Morgan fingerprint density at radius 2 is 2.04 bits per heavy atom. The molecule has 144 valence electrons. The number of aliphatic carboxylic acids is 1. The van der Waals surface area contributed by atoms with Crippen molar-refractivity contribution in [3.8, 4) is 0 Å². The van der Waals surface area contributed by atoms with Gasteiger partial charge in [0.2, 0.25) is 0 Å². The fraction of sp³-hybridized carbons (Fsp3) is 0.722. The van der Waals surface area contributed by atoms with E-state index in [-0.39, 0.29) is 24.7 Å². The molecule has 1 saturated carbocycles. The van der Waals surface area contributed by atoms with Crippen LogP contribution >= 0.6 is 0 Å². The fourth-order valence-corrected chi connectivity index (χ4v) is 4.01. The Morgan fingerprint density at radius 1 is 1.35 bits per heavy atom. The summed E-state index contributed by atoms with van der Waals surface area (Å²) in [5, 5.41) is 16.3. The number of amides is 2. The molecule has 0 radical (unpaired) electrons. The SMILES string of the molecule is CCN(CC(=O)O)C1CC(NC(=O)N2CCC(c3cnn(C)c3)CC2)C1. The number of carboxylic acids is 1. The smallest absolute Gasteiger partial charge is 0.317 e. The van der Waals surface area contributed by atoms with Crippen molar-refractivity contribution in [3.05, 3.63) is 18.0 Å². The van der Waals surface area contributed by atoms with E-state index in [9.17, 15) is 9.59 Å². The largest absolute Gasteiger partial charge is 0.480 e. The van der Waals surface area contributed by atoms with E-state index >= 15 is 0 Å². The second-order valence-electron chi connectivity index (χ2n) is 7.44. The maximum atomic E-state index is 12.5. The van der Waals surface area contributed by atoms with Crippen molar-refractivity contribution in [1.82, 2.24) is 24.9 Å². The Hall–Kier alpha value is -2.09. The van der Waals surface area contributed by atoms with Gasteiger partial charge in [-0.3, -0.25) is 14.4 Å². The zero-order valence-electron chi connectivity index (χ0n) is 15.6. The third-order valence-electron chi connectivity index (χ3n) is 5.68. The number of likely N-dealkylation sites (N-methyl/N-ethyl adjacent to an activating group) is 1. The van der Waals surface area contributed by atoms with Crippen LogP contribution in [0.5, 0.6) is 0 Å². The number of aromatic nitrogens is 2. The first-order valence-corrected chi connectivity index (χ1v) is 9.46. The van der Waals surface area contributed by atoms with Crippen molar-refractivity contribution in [2.75, 3.05) is 26.2 Å². The number of carbonyl (C=O) groups is 2. The van der Waals surface area contributed by atoms with Gasteiger partial charge >= 0.3 is 12.0 Å². The molecular formula is C18H29N5O3. The molecule has 1 aliphatic carbocycles. The van der Waals surface area contributed by atoms with E-state index in [0.717, 1.165) is 45.3 Å². The molecule has 2 N–H and O–H groups in total. The van der Waals surface area contributed by atoms with E-state index in [0.29, 0.717) is 5.92 Å². The zero-order chi connectivity index (χ0) is 18.7. The van der Waals surface area contributed by atoms with Gasteiger partial charge in [0.15, 0.2) is 0 Å². The van der Waals surface area contributed by atoms with Gasteiger partial charge in [-0.25, -0.2) is 4.79 Å². The van der Waals surface area contributed by atoms with Crippen LogP contribution in [0.2, 0.25) is 0 Å². The van der Waals surface area contributed by atoms with Gasteiger partial charge in [-0.2, -0.15) is 5.10 Å². The first-order chi connectivity index (χ1) is 12.5. The van der Waals surface area contributed by atoms with Gasteiger partial charge in [0, 0.05) is 38.4 Å². The molecule has 0 aromatic carbocycles. The quantitative estimate of drug-likeness (QED) is 0.794. The molecule has 2 heterocycles. The Morgan fingerprint density at radius 3 is 2.58 bits per heavy atom. The summed E-state index contributed by atoms with van der Waals surface area (Å²) >= 11 is 0. The average Bonchev–Trinajstić information content (AvgIpc) is 3.02. The molecule has 1 aliphatic heterocycles. The third-order valence-corrected chi connectivity index (χ3v) is 5.68. The van der Waals surface area contributed by atoms with Crippen LogP contribution in [0.4, 0.5) is 4.79 Å². The average molecular weight is 363 g/mol. The number of hydrogen-bond acceptors (Lipinski definition) is 4. The molecule has 26 heavy (non-hydrogen) atoms. The number of piperidine rings is 1. The number of urea groups is 1. The van der Waals surface area contributed by atoms with Crippen LogP contribution in [0.3, 0.4) is 0 Å². The molecule has 1 aromatic heterocycles. The highest BCUT2D eigenvalue weighted by atomic mass is 16.4. The van der Waals surface area contributed by atoms with Gasteiger partial charge in [0.25, 0.3) is 0 Å². The summed E-state index contributed by atoms with van der Waals surface area (Å²) in [5.41, 5.74) is 1.26. The first-order valence-electron chi connectivity index (χ1n) is 9.46. The molecule has 2 fully saturated rings. The molecule has 0 atom stereocenters. The number of nitrogens with one attached hydrogen (secondary N) is 1. The normalized spacial score (nSPS) is 23.7. The highest BCUT2D eigenvalue weighted by Crippen LogP contribution is 2.29. The third kappa shape index (κ3) is 4.35. The molecule has 0 spiro atoms. The topological polar surface area (TPSA) is 90.7 Å². The van der Waals surface area contributed by atoms with Gasteiger partial charge in [-0.05, 0) is 43.7 Å². The molecule has 8 nitrogen and oxygen atoms in total. The molecule has 1 saturated heterocycles. The Kier molecular flexibility index (Phi) is 5.80. The molecule has 0 unspecified atom stereocenters. The second-order valence-corrected chi connectivity index (χ2v) is 7.44. The molecule has 2 aliphatic rings. The van der Waals surface area contributed by atoms with Crippen molar-refractivity contribution in [3.63, 3.8) is 0 Å². The Balaban J connectivity index is 1.39. The van der Waals surface area contributed by atoms with Crippen molar-refractivity contribution in [1.29, 1.82) is 0 Å². The maximum absolute atomic E-state index is 12.5. The predicted octanol–water partition coefficient (Wildman–Crippen LogP) is 1.25. The van der Waals surface area contributed by atoms with Crippen molar-refractivity contribution < 1.29 is 14.7 Å². The Bertz CT molecular complexity index is 633. The van der Waals surface area contributed by atoms with Crippen LogP contribution in [0, 0.1) is 0 Å². The minimum absolute atomic E-state index is 0.0133. The van der Waals surface area contributed by atoms with E-state index in [1.807, 2.05) is 34.6 Å². The van der Waals surface area contributed by atoms with E-state index in [1.54, 1.807) is 0 Å². The highest BCUT2D eigenvalue weighted by molar-refractivity contribution is 5.74. The number of nitrogens with zero attached hydrogens (tertiary/aromatic N) is 4. The summed E-state index contributed by atoms with van der Waals surface area (Å²) in [4.78, 5) is 27.2. The number of likely N-dealkylation sites (tertiary alicyclic amines) is 1. The van der Waals surface area contributed by atoms with Gasteiger partial charge in [0.05, 0.1) is 12.7 Å². The molecule has 3 rings (SSSR count). The summed E-state index contributed by atoms with van der Waals surface area (Å²) < 4.78 is 1.82. The lowest BCUT2D eigenvalue weighted by Crippen LogP contribution is -2.57. The number of aryl methyl sites for hydroxylation is 1. The molecule has 1 aromatic rings. The van der Waals surface area contributed by atoms with E-state index in [1.165, 1.54) is 5.56 Å². The summed E-state index contributed by atoms with van der Waals surface area (Å²) in [6.45, 7) is 4.30. The van der Waals surface area contributed by atoms with Gasteiger partial charge in [-0.1, -0.05) is 6.92 Å². The summed E-state index contributed by atoms with van der Waals surface area (Å²) in [6.07, 6.45) is 7.58. The van der Waals surface area contributed by atoms with E-state index in [4.69, 9.17) is 5.11 Å². The first kappa shape index (κ1) is 18.7. The number of carbonyl (C=O) groups excluding carboxylic acids is 1. The minimum Gasteiger partial charge on any atom is -0.480 e. The van der Waals surface area contributed by atoms with Gasteiger partial charge in [0.1, 0.15) is 0 Å². The standard InChI is InChI=1S/C18H29N5O3/c1-3-22(12-17(24)25)16-8-15(9-16)20-18(26)23-6-4-13(5-7-23)14-10-19-21(2)11-14/h10-11,13,15-16H,3-9,12H2,1-2H3,(H,20,26)(H,24,25). The van der Waals surface area contributed by atoms with Gasteiger partial charge < -0.3 is 15.3 Å². The van der Waals surface area contributed by atoms with Crippen molar-refractivity contribution in [2.24, 2.45) is 7.05 Å².